The standard InChI is InChI=1S/C20H21N5O4S/c1-3-29-19(28)17-13(2)22-20(30-17)24-18(27)14-5-4-6-15(11-14)23-16(26)7-9-25-10-8-21-12-25/h4-6,8,10-12H,3,7,9H2,1-2H3,(H,23,26)(H,22,24,27). The minimum absolute atomic E-state index is 0.170. The van der Waals surface area contributed by atoms with Crippen LogP contribution >= 0.6 is 11.3 Å². The van der Waals surface area contributed by atoms with Crippen LogP contribution < -0.4 is 10.6 Å². The van der Waals surface area contributed by atoms with E-state index in [1.54, 1.807) is 56.8 Å². The van der Waals surface area contributed by atoms with Crippen molar-refractivity contribution >= 4 is 39.9 Å². The number of nitrogens with zero attached hydrogens (tertiary/aromatic N) is 3. The normalized spacial score (nSPS) is 10.5. The summed E-state index contributed by atoms with van der Waals surface area (Å²) >= 11 is 1.06. The second-order valence-corrected chi connectivity index (χ2v) is 7.29. The van der Waals surface area contributed by atoms with Gasteiger partial charge in [-0.3, -0.25) is 14.9 Å². The number of aryl methyl sites for hydroxylation is 2. The molecule has 0 aliphatic carbocycles. The third-order valence-electron chi connectivity index (χ3n) is 4.04. The first kappa shape index (κ1) is 21.2. The minimum atomic E-state index is -0.464. The van der Waals surface area contributed by atoms with Gasteiger partial charge in [-0.1, -0.05) is 17.4 Å². The number of hydrogen-bond acceptors (Lipinski definition) is 7. The lowest BCUT2D eigenvalue weighted by atomic mass is 10.2. The number of carbonyl (C=O) groups excluding carboxylic acids is 3. The number of carbonyl (C=O) groups is 3. The van der Waals surface area contributed by atoms with E-state index in [1.165, 1.54) is 0 Å². The Morgan fingerprint density at radius 1 is 1.23 bits per heavy atom. The predicted octanol–water partition coefficient (Wildman–Crippen LogP) is 3.11. The van der Waals surface area contributed by atoms with Crippen LogP contribution in [0.1, 0.15) is 39.1 Å². The first-order valence-corrected chi connectivity index (χ1v) is 10.1. The second-order valence-electron chi connectivity index (χ2n) is 6.29. The van der Waals surface area contributed by atoms with Gasteiger partial charge in [0.15, 0.2) is 5.13 Å². The third-order valence-corrected chi connectivity index (χ3v) is 5.10. The molecule has 0 saturated heterocycles. The lowest BCUT2D eigenvalue weighted by Gasteiger charge is -2.08. The van der Waals surface area contributed by atoms with Gasteiger partial charge in [0.2, 0.25) is 5.91 Å². The molecule has 2 amide bonds. The Hall–Kier alpha value is -3.53. The molecule has 0 radical (unpaired) electrons. The number of ether oxygens (including phenoxy) is 1. The van der Waals surface area contributed by atoms with Crippen molar-refractivity contribution in [1.29, 1.82) is 0 Å². The van der Waals surface area contributed by atoms with E-state index in [9.17, 15) is 14.4 Å². The Bertz CT molecular complexity index is 1050. The van der Waals surface area contributed by atoms with Crippen LogP contribution in [-0.2, 0) is 16.1 Å². The average molecular weight is 427 g/mol. The summed E-state index contributed by atoms with van der Waals surface area (Å²) in [6.07, 6.45) is 5.36. The van der Waals surface area contributed by atoms with E-state index in [4.69, 9.17) is 4.74 Å². The van der Waals surface area contributed by atoms with Gasteiger partial charge in [-0.15, -0.1) is 0 Å². The highest BCUT2D eigenvalue weighted by atomic mass is 32.1. The van der Waals surface area contributed by atoms with Gasteiger partial charge in [0, 0.05) is 36.6 Å². The minimum Gasteiger partial charge on any atom is -0.462 e. The molecule has 30 heavy (non-hydrogen) atoms. The molecule has 3 aromatic rings. The summed E-state index contributed by atoms with van der Waals surface area (Å²) < 4.78 is 6.79. The van der Waals surface area contributed by atoms with Gasteiger partial charge in [-0.2, -0.15) is 0 Å². The van der Waals surface area contributed by atoms with Crippen molar-refractivity contribution in [3.8, 4) is 0 Å². The van der Waals surface area contributed by atoms with Crippen molar-refractivity contribution in [3.63, 3.8) is 0 Å². The summed E-state index contributed by atoms with van der Waals surface area (Å²) in [5, 5.41) is 5.76. The zero-order valence-corrected chi connectivity index (χ0v) is 17.4. The summed E-state index contributed by atoms with van der Waals surface area (Å²) in [7, 11) is 0. The Morgan fingerprint density at radius 3 is 2.80 bits per heavy atom. The molecule has 1 aromatic carbocycles. The maximum atomic E-state index is 12.6. The molecule has 0 fully saturated rings. The van der Waals surface area contributed by atoms with Crippen LogP contribution in [0, 0.1) is 6.92 Å². The number of esters is 1. The van der Waals surface area contributed by atoms with Crippen LogP contribution in [0.2, 0.25) is 0 Å². The molecule has 0 saturated carbocycles. The van der Waals surface area contributed by atoms with Gasteiger partial charge in [0.1, 0.15) is 4.88 Å². The molecule has 2 N–H and O–H groups in total. The number of benzene rings is 1. The lowest BCUT2D eigenvalue weighted by molar-refractivity contribution is -0.116. The zero-order valence-electron chi connectivity index (χ0n) is 16.5. The molecule has 156 valence electrons. The Kier molecular flexibility index (Phi) is 6.91. The number of nitrogens with one attached hydrogen (secondary N) is 2. The topological polar surface area (TPSA) is 115 Å². The van der Waals surface area contributed by atoms with Crippen molar-refractivity contribution in [1.82, 2.24) is 14.5 Å². The molecular formula is C20H21N5O4S. The van der Waals surface area contributed by atoms with Crippen molar-refractivity contribution in [2.24, 2.45) is 0 Å². The largest absolute Gasteiger partial charge is 0.462 e. The van der Waals surface area contributed by atoms with E-state index in [1.807, 2.05) is 4.57 Å². The highest BCUT2D eigenvalue weighted by Gasteiger charge is 2.18. The van der Waals surface area contributed by atoms with Crippen LogP contribution in [-0.4, -0.2) is 38.9 Å². The van der Waals surface area contributed by atoms with Crippen LogP contribution in [0.5, 0.6) is 0 Å². The quantitative estimate of drug-likeness (QED) is 0.534. The van der Waals surface area contributed by atoms with Crippen LogP contribution in [0.15, 0.2) is 43.0 Å². The Labute approximate surface area is 177 Å². The van der Waals surface area contributed by atoms with E-state index >= 15 is 0 Å². The van der Waals surface area contributed by atoms with Gasteiger partial charge in [-0.25, -0.2) is 14.8 Å². The number of amides is 2. The number of rotatable bonds is 8. The maximum Gasteiger partial charge on any atom is 0.350 e. The molecular weight excluding hydrogens is 406 g/mol. The van der Waals surface area contributed by atoms with Gasteiger partial charge >= 0.3 is 5.97 Å². The Morgan fingerprint density at radius 2 is 2.07 bits per heavy atom. The fourth-order valence-electron chi connectivity index (χ4n) is 2.62. The van der Waals surface area contributed by atoms with E-state index < -0.39 is 11.9 Å². The zero-order chi connectivity index (χ0) is 21.5. The first-order chi connectivity index (χ1) is 14.5. The fraction of sp³-hybridized carbons (Fsp3) is 0.250. The Balaban J connectivity index is 1.61. The third kappa shape index (κ3) is 5.51. The smallest absolute Gasteiger partial charge is 0.350 e. The molecule has 0 atom stereocenters. The lowest BCUT2D eigenvalue weighted by Crippen LogP contribution is -2.15. The van der Waals surface area contributed by atoms with E-state index in [0.29, 0.717) is 33.5 Å². The van der Waals surface area contributed by atoms with Crippen molar-refractivity contribution in [2.75, 3.05) is 17.2 Å². The first-order valence-electron chi connectivity index (χ1n) is 9.28. The van der Waals surface area contributed by atoms with Crippen LogP contribution in [0.4, 0.5) is 10.8 Å². The van der Waals surface area contributed by atoms with Gasteiger partial charge in [-0.05, 0) is 32.0 Å². The van der Waals surface area contributed by atoms with E-state index in [2.05, 4.69) is 20.6 Å². The van der Waals surface area contributed by atoms with Crippen molar-refractivity contribution < 1.29 is 19.1 Å². The van der Waals surface area contributed by atoms with Crippen molar-refractivity contribution in [2.45, 2.75) is 26.8 Å². The summed E-state index contributed by atoms with van der Waals surface area (Å²) in [5.41, 5.74) is 1.36. The van der Waals surface area contributed by atoms with Gasteiger partial charge in [0.25, 0.3) is 5.91 Å². The predicted molar refractivity (Wildman–Crippen MR) is 113 cm³/mol. The SMILES string of the molecule is CCOC(=O)c1sc(NC(=O)c2cccc(NC(=O)CCn3ccnc3)c2)nc1C. The molecule has 0 aliphatic heterocycles. The molecule has 0 unspecified atom stereocenters. The number of thiazole rings is 1. The molecule has 10 heteroatoms. The van der Waals surface area contributed by atoms with Gasteiger partial charge < -0.3 is 14.6 Å². The second kappa shape index (κ2) is 9.79. The summed E-state index contributed by atoms with van der Waals surface area (Å²) in [5.74, 6) is -1.03. The van der Waals surface area contributed by atoms with Crippen LogP contribution in [0.25, 0.3) is 0 Å². The molecule has 0 bridgehead atoms. The summed E-state index contributed by atoms with van der Waals surface area (Å²) in [4.78, 5) is 45.1. The molecule has 2 heterocycles. The fourth-order valence-corrected chi connectivity index (χ4v) is 3.47. The van der Waals surface area contributed by atoms with Crippen LogP contribution in [0.3, 0.4) is 0 Å². The number of aromatic nitrogens is 3. The monoisotopic (exact) mass is 427 g/mol. The summed E-state index contributed by atoms with van der Waals surface area (Å²) in [6.45, 7) is 4.18. The number of imidazole rings is 1. The molecule has 2 aromatic heterocycles. The summed E-state index contributed by atoms with van der Waals surface area (Å²) in [6, 6.07) is 6.59. The molecule has 3 rings (SSSR count). The maximum absolute atomic E-state index is 12.6. The van der Waals surface area contributed by atoms with E-state index in [0.717, 1.165) is 11.3 Å². The highest BCUT2D eigenvalue weighted by Crippen LogP contribution is 2.24. The number of anilines is 2. The van der Waals surface area contributed by atoms with Crippen molar-refractivity contribution in [3.05, 3.63) is 59.1 Å². The molecule has 0 aliphatic rings. The molecule has 0 spiro atoms. The number of hydrogen-bond donors (Lipinski definition) is 2. The van der Waals surface area contributed by atoms with Gasteiger partial charge in [0.05, 0.1) is 18.6 Å². The highest BCUT2D eigenvalue weighted by molar-refractivity contribution is 7.17. The molecule has 9 nitrogen and oxygen atoms in total. The van der Waals surface area contributed by atoms with E-state index in [-0.39, 0.29) is 18.9 Å². The average Bonchev–Trinajstić information content (AvgIpc) is 3.36.